The lowest BCUT2D eigenvalue weighted by Crippen LogP contribution is -2.49. The monoisotopic (exact) mass is 447 g/mol. The van der Waals surface area contributed by atoms with Crippen LogP contribution in [0.3, 0.4) is 0 Å². The molecule has 160 valence electrons. The second-order valence-electron chi connectivity index (χ2n) is 8.76. The van der Waals surface area contributed by atoms with Gasteiger partial charge in [-0.1, -0.05) is 44.0 Å². The first-order valence-corrected chi connectivity index (χ1v) is 10.8. The molecule has 5 nitrogen and oxygen atoms in total. The van der Waals surface area contributed by atoms with Crippen LogP contribution in [-0.2, 0) is 4.79 Å². The smallest absolute Gasteiger partial charge is 0.255 e. The summed E-state index contributed by atoms with van der Waals surface area (Å²) < 4.78 is 0. The van der Waals surface area contributed by atoms with Crippen molar-refractivity contribution < 1.29 is 9.59 Å². The molecule has 1 N–H and O–H groups in total. The summed E-state index contributed by atoms with van der Waals surface area (Å²) in [6.45, 7) is 9.30. The number of piperazine rings is 1. The van der Waals surface area contributed by atoms with Crippen LogP contribution in [-0.4, -0.2) is 42.9 Å². The third-order valence-electron chi connectivity index (χ3n) is 4.93. The summed E-state index contributed by atoms with van der Waals surface area (Å²) >= 11 is 11.9. The molecule has 1 aliphatic rings. The fourth-order valence-electron chi connectivity index (χ4n) is 3.42. The molecule has 1 heterocycles. The zero-order chi connectivity index (χ0) is 21.9. The van der Waals surface area contributed by atoms with Gasteiger partial charge < -0.3 is 15.1 Å². The topological polar surface area (TPSA) is 52.7 Å². The molecule has 30 heavy (non-hydrogen) atoms. The highest BCUT2D eigenvalue weighted by atomic mass is 35.5. The van der Waals surface area contributed by atoms with Gasteiger partial charge in [-0.05, 0) is 47.9 Å². The van der Waals surface area contributed by atoms with E-state index in [1.165, 1.54) is 0 Å². The van der Waals surface area contributed by atoms with Gasteiger partial charge in [0.25, 0.3) is 5.91 Å². The summed E-state index contributed by atoms with van der Waals surface area (Å²) in [6.07, 6.45) is 0.569. The van der Waals surface area contributed by atoms with Crippen LogP contribution in [0, 0.1) is 5.41 Å². The van der Waals surface area contributed by atoms with E-state index in [0.29, 0.717) is 27.7 Å². The lowest BCUT2D eigenvalue weighted by atomic mass is 9.91. The van der Waals surface area contributed by atoms with Crippen molar-refractivity contribution >= 4 is 46.4 Å². The molecule has 0 spiro atoms. The summed E-state index contributed by atoms with van der Waals surface area (Å²) in [5, 5.41) is 3.70. The fourth-order valence-corrected chi connectivity index (χ4v) is 3.95. The summed E-state index contributed by atoms with van der Waals surface area (Å²) in [5.41, 5.74) is 2.18. The van der Waals surface area contributed by atoms with Gasteiger partial charge in [0.1, 0.15) is 0 Å². The zero-order valence-corrected chi connectivity index (χ0v) is 19.1. The van der Waals surface area contributed by atoms with Gasteiger partial charge in [0.2, 0.25) is 5.91 Å². The first-order chi connectivity index (χ1) is 14.1. The molecule has 1 aliphatic heterocycles. The first kappa shape index (κ1) is 22.4. The largest absolute Gasteiger partial charge is 0.368 e. The zero-order valence-electron chi connectivity index (χ0n) is 17.5. The minimum Gasteiger partial charge on any atom is -0.368 e. The minimum absolute atomic E-state index is 0.00486. The Balaban J connectivity index is 1.56. The molecule has 0 unspecified atom stereocenters. The first-order valence-electron chi connectivity index (χ1n) is 10.0. The molecular formula is C23H27Cl2N3O2. The molecule has 1 fully saturated rings. The van der Waals surface area contributed by atoms with Crippen molar-refractivity contribution in [3.05, 3.63) is 58.1 Å². The van der Waals surface area contributed by atoms with E-state index in [-0.39, 0.29) is 17.2 Å². The lowest BCUT2D eigenvalue weighted by molar-refractivity contribution is -0.133. The van der Waals surface area contributed by atoms with Crippen LogP contribution in [0.25, 0.3) is 0 Å². The number of carbonyl (C=O) groups excluding carboxylic acids is 2. The van der Waals surface area contributed by atoms with Crippen LogP contribution in [0.5, 0.6) is 0 Å². The molecule has 3 rings (SSSR count). The molecule has 0 aliphatic carbocycles. The lowest BCUT2D eigenvalue weighted by Gasteiger charge is -2.37. The van der Waals surface area contributed by atoms with E-state index in [0.717, 1.165) is 31.9 Å². The molecule has 2 amide bonds. The van der Waals surface area contributed by atoms with Gasteiger partial charge in [0.05, 0.1) is 0 Å². The van der Waals surface area contributed by atoms with Crippen LogP contribution in [0.4, 0.5) is 11.4 Å². The van der Waals surface area contributed by atoms with Crippen LogP contribution in [0.1, 0.15) is 37.6 Å². The van der Waals surface area contributed by atoms with Crippen molar-refractivity contribution in [3.63, 3.8) is 0 Å². The molecule has 0 aromatic heterocycles. The fraction of sp³-hybridized carbons (Fsp3) is 0.391. The van der Waals surface area contributed by atoms with E-state index in [2.05, 4.69) is 31.0 Å². The highest BCUT2D eigenvalue weighted by molar-refractivity contribution is 6.35. The van der Waals surface area contributed by atoms with Gasteiger partial charge >= 0.3 is 0 Å². The third kappa shape index (κ3) is 6.13. The highest BCUT2D eigenvalue weighted by Crippen LogP contribution is 2.24. The Morgan fingerprint density at radius 3 is 2.03 bits per heavy atom. The van der Waals surface area contributed by atoms with Crippen LogP contribution >= 0.6 is 23.2 Å². The normalized spacial score (nSPS) is 14.6. The predicted octanol–water partition coefficient (Wildman–Crippen LogP) is 5.33. The van der Waals surface area contributed by atoms with Crippen molar-refractivity contribution in [1.29, 1.82) is 0 Å². The Morgan fingerprint density at radius 2 is 1.50 bits per heavy atom. The molecular weight excluding hydrogens is 421 g/mol. The van der Waals surface area contributed by atoms with Gasteiger partial charge in [-0.2, -0.15) is 0 Å². The van der Waals surface area contributed by atoms with E-state index in [1.54, 1.807) is 18.2 Å². The number of hydrogen-bond donors (Lipinski definition) is 1. The van der Waals surface area contributed by atoms with Crippen molar-refractivity contribution in [2.24, 2.45) is 5.41 Å². The van der Waals surface area contributed by atoms with Crippen molar-refractivity contribution in [1.82, 2.24) is 4.90 Å². The van der Waals surface area contributed by atoms with Gasteiger partial charge in [-0.3, -0.25) is 9.59 Å². The Kier molecular flexibility index (Phi) is 6.94. The average Bonchev–Trinajstić information content (AvgIpc) is 2.66. The Labute approximate surface area is 187 Å². The Bertz CT molecular complexity index is 895. The van der Waals surface area contributed by atoms with Gasteiger partial charge in [0, 0.05) is 59.6 Å². The summed E-state index contributed by atoms with van der Waals surface area (Å²) in [6, 6.07) is 12.5. The quantitative estimate of drug-likeness (QED) is 0.688. The number of amides is 2. The molecule has 0 saturated carbocycles. The van der Waals surface area contributed by atoms with Gasteiger partial charge in [-0.25, -0.2) is 0 Å². The minimum atomic E-state index is -0.266. The highest BCUT2D eigenvalue weighted by Gasteiger charge is 2.25. The van der Waals surface area contributed by atoms with E-state index in [4.69, 9.17) is 23.2 Å². The summed E-state index contributed by atoms with van der Waals surface area (Å²) in [7, 11) is 0. The maximum Gasteiger partial charge on any atom is 0.255 e. The molecule has 0 bridgehead atoms. The van der Waals surface area contributed by atoms with Gasteiger partial charge in [-0.15, -0.1) is 0 Å². The number of nitrogens with one attached hydrogen (secondary N) is 1. The van der Waals surface area contributed by atoms with E-state index in [1.807, 2.05) is 29.2 Å². The maximum atomic E-state index is 12.4. The summed E-state index contributed by atoms with van der Waals surface area (Å²) in [5.74, 6) is -0.0422. The molecule has 2 aromatic rings. The molecule has 0 radical (unpaired) electrons. The molecule has 2 aromatic carbocycles. The van der Waals surface area contributed by atoms with E-state index in [9.17, 15) is 9.59 Å². The number of anilines is 2. The molecule has 1 saturated heterocycles. The predicted molar refractivity (Wildman–Crippen MR) is 124 cm³/mol. The standard InChI is InChI=1S/C23H27Cl2N3O2/c1-23(2,3)15-21(29)28-10-8-27(9-11-28)20-6-4-19(5-7-20)26-22(30)16-12-17(24)14-18(25)13-16/h4-7,12-14H,8-11,15H2,1-3H3,(H,26,30). The average molecular weight is 448 g/mol. The SMILES string of the molecule is CC(C)(C)CC(=O)N1CCN(c2ccc(NC(=O)c3cc(Cl)cc(Cl)c3)cc2)CC1. The van der Waals surface area contributed by atoms with E-state index < -0.39 is 0 Å². The number of hydrogen-bond acceptors (Lipinski definition) is 3. The number of benzene rings is 2. The number of nitrogens with zero attached hydrogens (tertiary/aromatic N) is 2. The number of carbonyl (C=O) groups is 2. The third-order valence-corrected chi connectivity index (χ3v) is 5.37. The Morgan fingerprint density at radius 1 is 0.933 bits per heavy atom. The molecule has 0 atom stereocenters. The summed E-state index contributed by atoms with van der Waals surface area (Å²) in [4.78, 5) is 29.0. The van der Waals surface area contributed by atoms with Crippen LogP contribution < -0.4 is 10.2 Å². The van der Waals surface area contributed by atoms with E-state index >= 15 is 0 Å². The Hall–Kier alpha value is -2.24. The second-order valence-corrected chi connectivity index (χ2v) is 9.64. The second kappa shape index (κ2) is 9.27. The van der Waals surface area contributed by atoms with Gasteiger partial charge in [0.15, 0.2) is 0 Å². The maximum absolute atomic E-state index is 12.4. The van der Waals surface area contributed by atoms with Crippen molar-refractivity contribution in [2.45, 2.75) is 27.2 Å². The molecule has 7 heteroatoms. The number of rotatable bonds is 4. The number of halogens is 2. The van der Waals surface area contributed by atoms with Crippen molar-refractivity contribution in [2.75, 3.05) is 36.4 Å². The van der Waals surface area contributed by atoms with Crippen molar-refractivity contribution in [3.8, 4) is 0 Å². The van der Waals surface area contributed by atoms with Crippen LogP contribution in [0.2, 0.25) is 10.0 Å². The van der Waals surface area contributed by atoms with Crippen LogP contribution in [0.15, 0.2) is 42.5 Å².